The maximum absolute atomic E-state index is 13.1. The summed E-state index contributed by atoms with van der Waals surface area (Å²) in [6.45, 7) is 2.34. The van der Waals surface area contributed by atoms with Gasteiger partial charge in [-0.3, -0.25) is 19.2 Å². The highest BCUT2D eigenvalue weighted by Crippen LogP contribution is 2.13. The van der Waals surface area contributed by atoms with Crippen molar-refractivity contribution in [1.29, 1.82) is 0 Å². The largest absolute Gasteiger partial charge is 0.508 e. The number of hydrogen-bond acceptors (Lipinski definition) is 8. The number of hydrogen-bond donors (Lipinski definition) is 8. The Bertz CT molecular complexity index is 1170. The van der Waals surface area contributed by atoms with E-state index in [1.165, 1.54) is 62.4 Å². The number of carboxylic acids is 1. The zero-order valence-electron chi connectivity index (χ0n) is 21.5. The van der Waals surface area contributed by atoms with Crippen LogP contribution in [0, 0.1) is 0 Å². The molecule has 13 heteroatoms. The summed E-state index contributed by atoms with van der Waals surface area (Å²) in [5.74, 6) is -4.03. The van der Waals surface area contributed by atoms with Crippen LogP contribution in [0.15, 0.2) is 48.5 Å². The first kappa shape index (κ1) is 30.6. The van der Waals surface area contributed by atoms with Gasteiger partial charge < -0.3 is 42.3 Å². The molecule has 0 saturated heterocycles. The van der Waals surface area contributed by atoms with Gasteiger partial charge in [0.05, 0.1) is 12.6 Å². The number of benzene rings is 2. The summed E-state index contributed by atoms with van der Waals surface area (Å²) in [5.41, 5.74) is 6.57. The number of amides is 4. The molecule has 39 heavy (non-hydrogen) atoms. The van der Waals surface area contributed by atoms with Gasteiger partial charge in [0.25, 0.3) is 0 Å². The van der Waals surface area contributed by atoms with Crippen molar-refractivity contribution < 1.29 is 39.3 Å². The van der Waals surface area contributed by atoms with Crippen molar-refractivity contribution in [3.63, 3.8) is 0 Å². The highest BCUT2D eigenvalue weighted by molar-refractivity contribution is 5.94. The molecule has 0 fully saturated rings. The Balaban J connectivity index is 2.09. The van der Waals surface area contributed by atoms with E-state index >= 15 is 0 Å². The molecule has 9 N–H and O–H groups in total. The standard InChI is InChI=1S/C26H33N5O8/c1-14(27)23(35)29-15(2)24(36)28-13-22(34)30-20(11-16-3-7-18(32)8-4-16)25(37)31-21(26(38)39)12-17-5-9-19(33)10-6-17/h3-10,14-15,20-21,32-33H,11-13,27H2,1-2H3,(H,28,36)(H,29,35)(H,30,34)(H,31,37)(H,38,39)/t14-,15-,20-,21-/m1/s1. The molecule has 2 rings (SSSR count). The number of phenolic OH excluding ortho intramolecular Hbond substituents is 2. The second-order valence-corrected chi connectivity index (χ2v) is 9.00. The van der Waals surface area contributed by atoms with Crippen LogP contribution in [0.2, 0.25) is 0 Å². The monoisotopic (exact) mass is 543 g/mol. The maximum Gasteiger partial charge on any atom is 0.326 e. The summed E-state index contributed by atoms with van der Waals surface area (Å²) in [7, 11) is 0. The quantitative estimate of drug-likeness (QED) is 0.153. The summed E-state index contributed by atoms with van der Waals surface area (Å²) in [5, 5.41) is 38.3. The predicted octanol–water partition coefficient (Wildman–Crippen LogP) is -1.09. The average molecular weight is 544 g/mol. The Morgan fingerprint density at radius 3 is 1.67 bits per heavy atom. The van der Waals surface area contributed by atoms with Crippen LogP contribution in [-0.2, 0) is 36.8 Å². The summed E-state index contributed by atoms with van der Waals surface area (Å²) in [6.07, 6.45) is -0.124. The Labute approximate surface area is 224 Å². The van der Waals surface area contributed by atoms with Crippen LogP contribution in [0.3, 0.4) is 0 Å². The number of carbonyl (C=O) groups is 5. The molecule has 0 aliphatic heterocycles. The maximum atomic E-state index is 13.1. The van der Waals surface area contributed by atoms with Crippen LogP contribution in [0.1, 0.15) is 25.0 Å². The summed E-state index contributed by atoms with van der Waals surface area (Å²) < 4.78 is 0. The SMILES string of the molecule is C[C@@H](N)C(=O)N[C@H](C)C(=O)NCC(=O)N[C@H](Cc1ccc(O)cc1)C(=O)N[C@H](Cc1ccc(O)cc1)C(=O)O. The van der Waals surface area contributed by atoms with Gasteiger partial charge in [0.1, 0.15) is 29.6 Å². The van der Waals surface area contributed by atoms with Crippen LogP contribution < -0.4 is 27.0 Å². The zero-order chi connectivity index (χ0) is 29.1. The predicted molar refractivity (Wildman–Crippen MR) is 139 cm³/mol. The molecule has 4 amide bonds. The van der Waals surface area contributed by atoms with E-state index in [4.69, 9.17) is 5.73 Å². The van der Waals surface area contributed by atoms with Crippen molar-refractivity contribution in [1.82, 2.24) is 21.3 Å². The van der Waals surface area contributed by atoms with E-state index in [-0.39, 0.29) is 24.3 Å². The van der Waals surface area contributed by atoms with Crippen molar-refractivity contribution >= 4 is 29.6 Å². The minimum absolute atomic E-state index is 0.00317. The van der Waals surface area contributed by atoms with Gasteiger partial charge >= 0.3 is 5.97 Å². The number of carbonyl (C=O) groups excluding carboxylic acids is 4. The number of nitrogens with one attached hydrogen (secondary N) is 4. The Hall–Kier alpha value is -4.65. The third-order valence-corrected chi connectivity index (χ3v) is 5.61. The first-order valence-electron chi connectivity index (χ1n) is 12.1. The number of carboxylic acid groups (broad SMARTS) is 1. The molecule has 4 atom stereocenters. The Morgan fingerprint density at radius 1 is 0.718 bits per heavy atom. The molecule has 13 nitrogen and oxygen atoms in total. The van der Waals surface area contributed by atoms with Crippen molar-refractivity contribution in [3.05, 3.63) is 59.7 Å². The molecular weight excluding hydrogens is 510 g/mol. The minimum Gasteiger partial charge on any atom is -0.508 e. The van der Waals surface area contributed by atoms with Gasteiger partial charge in [-0.2, -0.15) is 0 Å². The molecule has 0 saturated carbocycles. The highest BCUT2D eigenvalue weighted by atomic mass is 16.4. The van der Waals surface area contributed by atoms with Crippen LogP contribution in [0.4, 0.5) is 0 Å². The van der Waals surface area contributed by atoms with Crippen LogP contribution >= 0.6 is 0 Å². The third-order valence-electron chi connectivity index (χ3n) is 5.61. The molecule has 0 aliphatic rings. The third kappa shape index (κ3) is 10.3. The second-order valence-electron chi connectivity index (χ2n) is 9.00. The molecule has 210 valence electrons. The van der Waals surface area contributed by atoms with E-state index < -0.39 is 60.3 Å². The molecule has 0 aliphatic carbocycles. The molecule has 2 aromatic carbocycles. The lowest BCUT2D eigenvalue weighted by atomic mass is 10.0. The van der Waals surface area contributed by atoms with Gasteiger partial charge in [-0.1, -0.05) is 24.3 Å². The molecular formula is C26H33N5O8. The number of aromatic hydroxyl groups is 2. The first-order valence-corrected chi connectivity index (χ1v) is 12.1. The fourth-order valence-electron chi connectivity index (χ4n) is 3.39. The van der Waals surface area contributed by atoms with E-state index in [1.807, 2.05) is 0 Å². The van der Waals surface area contributed by atoms with Crippen molar-refractivity contribution in [3.8, 4) is 11.5 Å². The van der Waals surface area contributed by atoms with Gasteiger partial charge in [0, 0.05) is 12.8 Å². The molecule has 0 aromatic heterocycles. The minimum atomic E-state index is -1.34. The lowest BCUT2D eigenvalue weighted by Gasteiger charge is -2.22. The summed E-state index contributed by atoms with van der Waals surface area (Å²) in [6, 6.07) is 7.34. The van der Waals surface area contributed by atoms with E-state index in [9.17, 15) is 39.3 Å². The van der Waals surface area contributed by atoms with Crippen molar-refractivity contribution in [2.45, 2.75) is 50.9 Å². The first-order chi connectivity index (χ1) is 18.3. The van der Waals surface area contributed by atoms with Crippen LogP contribution in [0.25, 0.3) is 0 Å². The highest BCUT2D eigenvalue weighted by Gasteiger charge is 2.27. The van der Waals surface area contributed by atoms with E-state index in [0.717, 1.165) is 0 Å². The van der Waals surface area contributed by atoms with Crippen LogP contribution in [0.5, 0.6) is 11.5 Å². The van der Waals surface area contributed by atoms with Gasteiger partial charge in [-0.25, -0.2) is 4.79 Å². The van der Waals surface area contributed by atoms with E-state index in [0.29, 0.717) is 11.1 Å². The molecule has 0 radical (unpaired) electrons. The number of nitrogens with two attached hydrogens (primary N) is 1. The Kier molecular flexibility index (Phi) is 11.2. The number of phenols is 2. The fraction of sp³-hybridized carbons (Fsp3) is 0.346. The summed E-state index contributed by atoms with van der Waals surface area (Å²) >= 11 is 0. The fourth-order valence-corrected chi connectivity index (χ4v) is 3.39. The molecule has 2 aromatic rings. The van der Waals surface area contributed by atoms with Gasteiger partial charge in [-0.05, 0) is 49.2 Å². The lowest BCUT2D eigenvalue weighted by Crippen LogP contribution is -2.55. The van der Waals surface area contributed by atoms with Crippen molar-refractivity contribution in [2.24, 2.45) is 5.73 Å². The molecule has 0 unspecified atom stereocenters. The average Bonchev–Trinajstić information content (AvgIpc) is 2.88. The normalized spacial score (nSPS) is 13.7. The van der Waals surface area contributed by atoms with Gasteiger partial charge in [0.15, 0.2) is 0 Å². The second kappa shape index (κ2) is 14.3. The van der Waals surface area contributed by atoms with Gasteiger partial charge in [-0.15, -0.1) is 0 Å². The molecule has 0 heterocycles. The Morgan fingerprint density at radius 2 is 1.21 bits per heavy atom. The van der Waals surface area contributed by atoms with Crippen molar-refractivity contribution in [2.75, 3.05) is 6.54 Å². The number of aliphatic carboxylic acids is 1. The van der Waals surface area contributed by atoms with E-state index in [1.54, 1.807) is 0 Å². The summed E-state index contributed by atoms with van der Waals surface area (Å²) in [4.78, 5) is 61.5. The molecule has 0 spiro atoms. The zero-order valence-corrected chi connectivity index (χ0v) is 21.5. The topological polar surface area (TPSA) is 220 Å². The lowest BCUT2D eigenvalue weighted by molar-refractivity contribution is -0.142. The number of rotatable bonds is 13. The molecule has 0 bridgehead atoms. The van der Waals surface area contributed by atoms with E-state index in [2.05, 4.69) is 21.3 Å². The smallest absolute Gasteiger partial charge is 0.326 e. The van der Waals surface area contributed by atoms with Gasteiger partial charge in [0.2, 0.25) is 23.6 Å². The van der Waals surface area contributed by atoms with Crippen LogP contribution in [-0.4, -0.2) is 75.6 Å².